The summed E-state index contributed by atoms with van der Waals surface area (Å²) in [7, 11) is -3.48. The monoisotopic (exact) mass is 437 g/mol. The van der Waals surface area contributed by atoms with E-state index < -0.39 is 15.7 Å². The van der Waals surface area contributed by atoms with Gasteiger partial charge < -0.3 is 15.0 Å². The predicted octanol–water partition coefficient (Wildman–Crippen LogP) is 1.45. The van der Waals surface area contributed by atoms with Crippen molar-refractivity contribution in [3.8, 4) is 0 Å². The lowest BCUT2D eigenvalue weighted by atomic mass is 10.3. The Balaban J connectivity index is 1.64. The third-order valence-corrected chi connectivity index (χ3v) is 5.75. The molecule has 0 radical (unpaired) electrons. The highest BCUT2D eigenvalue weighted by Gasteiger charge is 2.21. The number of carbonyl (C=O) groups excluding carboxylic acids is 1. The number of esters is 1. The third kappa shape index (κ3) is 5.63. The molecule has 3 rings (SSSR count). The fraction of sp³-hybridized carbons (Fsp3) is 0.421. The van der Waals surface area contributed by atoms with Crippen molar-refractivity contribution in [2.24, 2.45) is 0 Å². The second-order valence-electron chi connectivity index (χ2n) is 6.87. The molecule has 0 saturated carbocycles. The first-order chi connectivity index (χ1) is 14.3. The Morgan fingerprint density at radius 2 is 1.93 bits per heavy atom. The summed E-state index contributed by atoms with van der Waals surface area (Å²) < 4.78 is 42.4. The van der Waals surface area contributed by atoms with Crippen LogP contribution in [0.4, 0.5) is 21.7 Å². The zero-order chi connectivity index (χ0) is 21.7. The van der Waals surface area contributed by atoms with E-state index in [9.17, 15) is 17.6 Å². The van der Waals surface area contributed by atoms with Gasteiger partial charge >= 0.3 is 5.97 Å². The Bertz CT molecular complexity index is 1010. The summed E-state index contributed by atoms with van der Waals surface area (Å²) in [5.74, 6) is 0.144. The van der Waals surface area contributed by atoms with Crippen molar-refractivity contribution in [1.82, 2.24) is 14.9 Å². The molecule has 1 aromatic heterocycles. The second-order valence-corrected chi connectivity index (χ2v) is 8.88. The van der Waals surface area contributed by atoms with Crippen LogP contribution in [0.1, 0.15) is 6.92 Å². The van der Waals surface area contributed by atoms with E-state index in [1.165, 1.54) is 18.5 Å². The highest BCUT2D eigenvalue weighted by Crippen LogP contribution is 2.24. The van der Waals surface area contributed by atoms with E-state index in [1.54, 1.807) is 13.0 Å². The lowest BCUT2D eigenvalue weighted by Gasteiger charge is -2.34. The van der Waals surface area contributed by atoms with Crippen LogP contribution in [0.25, 0.3) is 0 Å². The Hall–Kier alpha value is -2.79. The topological polar surface area (TPSA) is 105 Å². The lowest BCUT2D eigenvalue weighted by Crippen LogP contribution is -2.48. The number of benzene rings is 1. The molecule has 162 valence electrons. The normalized spacial score (nSPS) is 15.1. The molecule has 0 amide bonds. The molecule has 1 N–H and O–H groups in total. The van der Waals surface area contributed by atoms with Crippen molar-refractivity contribution < 1.29 is 22.3 Å². The van der Waals surface area contributed by atoms with Gasteiger partial charge in [-0.05, 0) is 25.1 Å². The summed E-state index contributed by atoms with van der Waals surface area (Å²) in [5.41, 5.74) is 0.117. The summed E-state index contributed by atoms with van der Waals surface area (Å²) in [5, 5.41) is 2.86. The SMILES string of the molecule is CCOC(=O)CN1CCN(c2cc(Nc3ccc(S(C)(=O)=O)cc3F)ncn2)CC1. The first kappa shape index (κ1) is 21.9. The van der Waals surface area contributed by atoms with Crippen molar-refractivity contribution in [3.63, 3.8) is 0 Å². The van der Waals surface area contributed by atoms with Crippen LogP contribution in [0, 0.1) is 5.82 Å². The molecule has 0 bridgehead atoms. The van der Waals surface area contributed by atoms with E-state index >= 15 is 0 Å². The zero-order valence-corrected chi connectivity index (χ0v) is 17.7. The molecule has 30 heavy (non-hydrogen) atoms. The van der Waals surface area contributed by atoms with Crippen molar-refractivity contribution in [1.29, 1.82) is 0 Å². The fourth-order valence-electron chi connectivity index (χ4n) is 3.08. The summed E-state index contributed by atoms with van der Waals surface area (Å²) in [6.45, 7) is 5.14. The number of ether oxygens (including phenoxy) is 1. The van der Waals surface area contributed by atoms with Gasteiger partial charge in [-0.3, -0.25) is 9.69 Å². The fourth-order valence-corrected chi connectivity index (χ4v) is 3.71. The molecule has 0 atom stereocenters. The lowest BCUT2D eigenvalue weighted by molar-refractivity contribution is -0.144. The molecular weight excluding hydrogens is 413 g/mol. The first-order valence-electron chi connectivity index (χ1n) is 9.48. The number of nitrogens with zero attached hydrogens (tertiary/aromatic N) is 4. The maximum absolute atomic E-state index is 14.3. The van der Waals surface area contributed by atoms with Crippen molar-refractivity contribution in [3.05, 3.63) is 36.4 Å². The van der Waals surface area contributed by atoms with Gasteiger partial charge in [0.1, 0.15) is 23.8 Å². The maximum Gasteiger partial charge on any atom is 0.320 e. The molecule has 0 spiro atoms. The summed E-state index contributed by atoms with van der Waals surface area (Å²) in [4.78, 5) is 24.0. The van der Waals surface area contributed by atoms with Crippen LogP contribution < -0.4 is 10.2 Å². The molecule has 1 fully saturated rings. The van der Waals surface area contributed by atoms with Crippen LogP contribution in [-0.2, 0) is 19.4 Å². The molecule has 1 saturated heterocycles. The van der Waals surface area contributed by atoms with Crippen LogP contribution in [-0.4, -0.2) is 74.8 Å². The first-order valence-corrected chi connectivity index (χ1v) is 11.4. The highest BCUT2D eigenvalue weighted by molar-refractivity contribution is 7.90. The molecule has 0 unspecified atom stereocenters. The number of rotatable bonds is 7. The largest absolute Gasteiger partial charge is 0.465 e. The molecule has 1 aliphatic heterocycles. The van der Waals surface area contributed by atoms with Gasteiger partial charge in [-0.15, -0.1) is 0 Å². The molecule has 1 aromatic carbocycles. The third-order valence-electron chi connectivity index (χ3n) is 4.64. The number of aromatic nitrogens is 2. The maximum atomic E-state index is 14.3. The van der Waals surface area contributed by atoms with Gasteiger partial charge in [-0.1, -0.05) is 0 Å². The van der Waals surface area contributed by atoms with Gasteiger partial charge in [0.2, 0.25) is 0 Å². The average Bonchev–Trinajstić information content (AvgIpc) is 2.70. The minimum absolute atomic E-state index is 0.0883. The van der Waals surface area contributed by atoms with Gasteiger partial charge in [-0.25, -0.2) is 22.8 Å². The molecular formula is C19H24FN5O4S. The number of halogens is 1. The Labute approximate surface area is 174 Å². The number of hydrogen-bond acceptors (Lipinski definition) is 9. The van der Waals surface area contributed by atoms with Gasteiger partial charge in [-0.2, -0.15) is 0 Å². The van der Waals surface area contributed by atoms with Crippen LogP contribution in [0.2, 0.25) is 0 Å². The van der Waals surface area contributed by atoms with Crippen molar-refractivity contribution in [2.45, 2.75) is 11.8 Å². The quantitative estimate of drug-likeness (QED) is 0.644. The van der Waals surface area contributed by atoms with Gasteiger partial charge in [0, 0.05) is 38.5 Å². The molecule has 0 aliphatic carbocycles. The van der Waals surface area contributed by atoms with Gasteiger partial charge in [0.05, 0.1) is 23.7 Å². The number of piperazine rings is 1. The second kappa shape index (κ2) is 9.35. The Morgan fingerprint density at radius 3 is 2.57 bits per heavy atom. The van der Waals surface area contributed by atoms with Crippen molar-refractivity contribution in [2.75, 3.05) is 55.8 Å². The smallest absolute Gasteiger partial charge is 0.320 e. The molecule has 9 nitrogen and oxygen atoms in total. The number of anilines is 3. The van der Waals surface area contributed by atoms with E-state index in [0.29, 0.717) is 44.4 Å². The summed E-state index contributed by atoms with van der Waals surface area (Å²) >= 11 is 0. The van der Waals surface area contributed by atoms with Crippen LogP contribution >= 0.6 is 0 Å². The molecule has 2 aromatic rings. The minimum Gasteiger partial charge on any atom is -0.465 e. The van der Waals surface area contributed by atoms with E-state index in [1.807, 2.05) is 4.90 Å². The number of nitrogens with one attached hydrogen (secondary N) is 1. The zero-order valence-electron chi connectivity index (χ0n) is 16.8. The van der Waals surface area contributed by atoms with E-state index in [4.69, 9.17) is 4.74 Å². The van der Waals surface area contributed by atoms with Crippen LogP contribution in [0.15, 0.2) is 35.5 Å². The van der Waals surface area contributed by atoms with E-state index in [-0.39, 0.29) is 23.1 Å². The van der Waals surface area contributed by atoms with Gasteiger partial charge in [0.25, 0.3) is 0 Å². The molecule has 1 aliphatic rings. The highest BCUT2D eigenvalue weighted by atomic mass is 32.2. The van der Waals surface area contributed by atoms with Crippen LogP contribution in [0.5, 0.6) is 0 Å². The Kier molecular flexibility index (Phi) is 6.83. The predicted molar refractivity (Wildman–Crippen MR) is 110 cm³/mol. The minimum atomic E-state index is -3.48. The number of carbonyl (C=O) groups is 1. The summed E-state index contributed by atoms with van der Waals surface area (Å²) in [6.07, 6.45) is 2.41. The van der Waals surface area contributed by atoms with E-state index in [2.05, 4.69) is 20.2 Å². The average molecular weight is 437 g/mol. The van der Waals surface area contributed by atoms with Crippen molar-refractivity contribution >= 4 is 33.1 Å². The van der Waals surface area contributed by atoms with E-state index in [0.717, 1.165) is 12.3 Å². The van der Waals surface area contributed by atoms with Crippen LogP contribution in [0.3, 0.4) is 0 Å². The molecule has 11 heteroatoms. The molecule has 2 heterocycles. The van der Waals surface area contributed by atoms with Gasteiger partial charge in [0.15, 0.2) is 9.84 Å². The summed E-state index contributed by atoms with van der Waals surface area (Å²) in [6, 6.07) is 5.38. The number of sulfone groups is 1. The Morgan fingerprint density at radius 1 is 1.20 bits per heavy atom. The standard InChI is InChI=1S/C19H24FN5O4S/c1-3-29-19(26)12-24-6-8-25(9-7-24)18-11-17(21-13-22-18)23-16-5-4-14(10-15(16)20)30(2,27)28/h4-5,10-11,13H,3,6-9,12H2,1-2H3,(H,21,22,23). The number of hydrogen-bond donors (Lipinski definition) is 1.